The molecule has 0 fully saturated rings. The van der Waals surface area contributed by atoms with E-state index in [1.54, 1.807) is 6.92 Å². The van der Waals surface area contributed by atoms with Crippen LogP contribution in [-0.4, -0.2) is 20.6 Å². The van der Waals surface area contributed by atoms with Crippen LogP contribution in [0.1, 0.15) is 40.0 Å². The molecule has 0 aliphatic carbocycles. The van der Waals surface area contributed by atoms with E-state index in [1.165, 1.54) is 11.1 Å². The highest BCUT2D eigenvalue weighted by Gasteiger charge is 2.12. The van der Waals surface area contributed by atoms with E-state index in [2.05, 4.69) is 33.9 Å². The molecule has 4 heteroatoms. The van der Waals surface area contributed by atoms with Gasteiger partial charge in [0.1, 0.15) is 5.65 Å². The minimum atomic E-state index is -0.713. The van der Waals surface area contributed by atoms with Gasteiger partial charge >= 0.3 is 5.97 Å². The molecule has 1 aromatic carbocycles. The predicted octanol–water partition coefficient (Wildman–Crippen LogP) is 5.62. The third-order valence-electron chi connectivity index (χ3n) is 4.43. The van der Waals surface area contributed by atoms with Crippen LogP contribution in [0.25, 0.3) is 22.2 Å². The molecule has 26 heavy (non-hydrogen) atoms. The second-order valence-electron chi connectivity index (χ2n) is 6.21. The fourth-order valence-corrected chi connectivity index (χ4v) is 3.00. The molecule has 0 spiro atoms. The number of fused-ring (bicyclic) bond motifs is 1. The van der Waals surface area contributed by atoms with Gasteiger partial charge in [-0.15, -0.1) is 0 Å². The minimum Gasteiger partial charge on any atom is -0.481 e. The summed E-state index contributed by atoms with van der Waals surface area (Å²) in [5.74, 6) is -0.987. The van der Waals surface area contributed by atoms with Gasteiger partial charge in [0.25, 0.3) is 0 Å². The lowest BCUT2D eigenvalue weighted by Gasteiger charge is -2.07. The van der Waals surface area contributed by atoms with Crippen LogP contribution < -0.4 is 0 Å². The SMILES string of the molecule is CC.C[C@H](CCCCn1cc(-c2ccccc2)c2cccnc21)C(=O)O. The van der Waals surface area contributed by atoms with Crippen molar-refractivity contribution in [2.45, 2.75) is 46.6 Å². The first-order chi connectivity index (χ1) is 12.7. The van der Waals surface area contributed by atoms with Crippen molar-refractivity contribution in [2.24, 2.45) is 5.92 Å². The van der Waals surface area contributed by atoms with Gasteiger partial charge in [-0.25, -0.2) is 4.98 Å². The Kier molecular flexibility index (Phi) is 7.39. The summed E-state index contributed by atoms with van der Waals surface area (Å²) in [6.07, 6.45) is 6.55. The van der Waals surface area contributed by atoms with Gasteiger partial charge in [-0.05, 0) is 30.5 Å². The largest absolute Gasteiger partial charge is 0.481 e. The number of aryl methyl sites for hydroxylation is 1. The monoisotopic (exact) mass is 352 g/mol. The number of unbranched alkanes of at least 4 members (excludes halogenated alkanes) is 1. The maximum atomic E-state index is 10.9. The Morgan fingerprint density at radius 1 is 1.12 bits per heavy atom. The number of rotatable bonds is 7. The molecular formula is C22H28N2O2. The van der Waals surface area contributed by atoms with E-state index in [1.807, 2.05) is 44.3 Å². The lowest BCUT2D eigenvalue weighted by atomic mass is 10.0. The van der Waals surface area contributed by atoms with Crippen molar-refractivity contribution in [3.63, 3.8) is 0 Å². The van der Waals surface area contributed by atoms with E-state index < -0.39 is 5.97 Å². The zero-order valence-electron chi connectivity index (χ0n) is 15.9. The zero-order valence-corrected chi connectivity index (χ0v) is 15.9. The number of carboxylic acid groups (broad SMARTS) is 1. The number of benzene rings is 1. The van der Waals surface area contributed by atoms with E-state index in [4.69, 9.17) is 5.11 Å². The molecule has 0 aliphatic rings. The number of carboxylic acids is 1. The molecule has 1 N–H and O–H groups in total. The molecule has 0 saturated heterocycles. The Balaban J connectivity index is 0.00000117. The van der Waals surface area contributed by atoms with Gasteiger partial charge < -0.3 is 9.67 Å². The van der Waals surface area contributed by atoms with Crippen LogP contribution >= 0.6 is 0 Å². The maximum absolute atomic E-state index is 10.9. The summed E-state index contributed by atoms with van der Waals surface area (Å²) in [6.45, 7) is 6.62. The van der Waals surface area contributed by atoms with Gasteiger partial charge in [0.05, 0.1) is 5.92 Å². The van der Waals surface area contributed by atoms with Crippen molar-refractivity contribution in [2.75, 3.05) is 0 Å². The van der Waals surface area contributed by atoms with Gasteiger partial charge in [0.15, 0.2) is 0 Å². The van der Waals surface area contributed by atoms with E-state index in [-0.39, 0.29) is 5.92 Å². The summed E-state index contributed by atoms with van der Waals surface area (Å²) in [4.78, 5) is 15.4. The number of aromatic nitrogens is 2. The zero-order chi connectivity index (χ0) is 18.9. The highest BCUT2D eigenvalue weighted by Crippen LogP contribution is 2.29. The molecule has 0 amide bonds. The number of hydrogen-bond donors (Lipinski definition) is 1. The second-order valence-corrected chi connectivity index (χ2v) is 6.21. The molecule has 0 saturated carbocycles. The van der Waals surface area contributed by atoms with E-state index in [9.17, 15) is 4.79 Å². The summed E-state index contributed by atoms with van der Waals surface area (Å²) in [5, 5.41) is 10.1. The van der Waals surface area contributed by atoms with Crippen LogP contribution in [0.5, 0.6) is 0 Å². The normalized spacial score (nSPS) is 11.7. The van der Waals surface area contributed by atoms with Gasteiger partial charge in [0, 0.05) is 29.9 Å². The molecule has 4 nitrogen and oxygen atoms in total. The molecule has 2 heterocycles. The Bertz CT molecular complexity index is 825. The lowest BCUT2D eigenvalue weighted by Crippen LogP contribution is -2.09. The molecule has 3 aromatic rings. The van der Waals surface area contributed by atoms with Crippen molar-refractivity contribution < 1.29 is 9.90 Å². The minimum absolute atomic E-state index is 0.274. The van der Waals surface area contributed by atoms with Crippen molar-refractivity contribution in [3.8, 4) is 11.1 Å². The molecule has 0 aliphatic heterocycles. The van der Waals surface area contributed by atoms with Gasteiger partial charge in [0.2, 0.25) is 0 Å². The lowest BCUT2D eigenvalue weighted by molar-refractivity contribution is -0.141. The Hall–Kier alpha value is -2.62. The van der Waals surface area contributed by atoms with Crippen LogP contribution in [0.3, 0.4) is 0 Å². The van der Waals surface area contributed by atoms with Crippen LogP contribution in [0.4, 0.5) is 0 Å². The van der Waals surface area contributed by atoms with E-state index in [0.29, 0.717) is 6.42 Å². The Morgan fingerprint density at radius 2 is 1.85 bits per heavy atom. The third kappa shape index (κ3) is 4.72. The van der Waals surface area contributed by atoms with E-state index in [0.717, 1.165) is 30.4 Å². The fourth-order valence-electron chi connectivity index (χ4n) is 3.00. The van der Waals surface area contributed by atoms with Crippen molar-refractivity contribution >= 4 is 17.0 Å². The van der Waals surface area contributed by atoms with Crippen LogP contribution in [0, 0.1) is 5.92 Å². The van der Waals surface area contributed by atoms with Crippen molar-refractivity contribution in [1.82, 2.24) is 9.55 Å². The topological polar surface area (TPSA) is 55.1 Å². The molecule has 3 rings (SSSR count). The van der Waals surface area contributed by atoms with Crippen LogP contribution in [-0.2, 0) is 11.3 Å². The van der Waals surface area contributed by atoms with Crippen LogP contribution in [0.15, 0.2) is 54.9 Å². The summed E-state index contributed by atoms with van der Waals surface area (Å²) < 4.78 is 2.18. The highest BCUT2D eigenvalue weighted by atomic mass is 16.4. The quantitative estimate of drug-likeness (QED) is 0.561. The molecule has 2 aromatic heterocycles. The molecular weight excluding hydrogens is 324 g/mol. The second kappa shape index (κ2) is 9.76. The molecule has 0 unspecified atom stereocenters. The van der Waals surface area contributed by atoms with Crippen LogP contribution in [0.2, 0.25) is 0 Å². The number of nitrogens with zero attached hydrogens (tertiary/aromatic N) is 2. The average molecular weight is 352 g/mol. The average Bonchev–Trinajstić information content (AvgIpc) is 3.06. The van der Waals surface area contributed by atoms with Crippen molar-refractivity contribution in [1.29, 1.82) is 0 Å². The summed E-state index contributed by atoms with van der Waals surface area (Å²) in [5.41, 5.74) is 3.37. The summed E-state index contributed by atoms with van der Waals surface area (Å²) in [6, 6.07) is 14.4. The first-order valence-electron chi connectivity index (χ1n) is 9.39. The summed E-state index contributed by atoms with van der Waals surface area (Å²) >= 11 is 0. The van der Waals surface area contributed by atoms with Crippen molar-refractivity contribution in [3.05, 3.63) is 54.9 Å². The summed E-state index contributed by atoms with van der Waals surface area (Å²) in [7, 11) is 0. The fraction of sp³-hybridized carbons (Fsp3) is 0.364. The number of carbonyl (C=O) groups is 1. The number of pyridine rings is 1. The Morgan fingerprint density at radius 3 is 2.54 bits per heavy atom. The van der Waals surface area contributed by atoms with E-state index >= 15 is 0 Å². The maximum Gasteiger partial charge on any atom is 0.306 e. The molecule has 0 bridgehead atoms. The van der Waals surface area contributed by atoms with Gasteiger partial charge in [-0.2, -0.15) is 0 Å². The number of aliphatic carboxylic acids is 1. The first-order valence-corrected chi connectivity index (χ1v) is 9.39. The predicted molar refractivity (Wildman–Crippen MR) is 107 cm³/mol. The third-order valence-corrected chi connectivity index (χ3v) is 4.43. The standard InChI is InChI=1S/C20H22N2O2.C2H6/c1-15(20(23)24)8-5-6-13-22-14-18(16-9-3-2-4-10-16)17-11-7-12-21-19(17)22;1-2/h2-4,7,9-12,14-15H,5-6,8,13H2,1H3,(H,23,24);1-2H3/t15-;/m1./s1. The number of hydrogen-bond acceptors (Lipinski definition) is 2. The van der Waals surface area contributed by atoms with Gasteiger partial charge in [-0.1, -0.05) is 57.5 Å². The molecule has 0 radical (unpaired) electrons. The first kappa shape index (κ1) is 19.7. The van der Waals surface area contributed by atoms with Gasteiger partial charge in [-0.3, -0.25) is 4.79 Å². The highest BCUT2D eigenvalue weighted by molar-refractivity contribution is 5.93. The Labute approximate surface area is 155 Å². The molecule has 138 valence electrons. The molecule has 1 atom stereocenters. The smallest absolute Gasteiger partial charge is 0.306 e.